The van der Waals surface area contributed by atoms with Crippen LogP contribution in [0.25, 0.3) is 0 Å². The molecule has 0 bridgehead atoms. The van der Waals surface area contributed by atoms with Crippen LogP contribution < -0.4 is 0 Å². The molecule has 136 valence electrons. The number of amides is 2. The first-order chi connectivity index (χ1) is 12.0. The third-order valence-corrected chi connectivity index (χ3v) is 6.86. The normalized spacial score (nSPS) is 24.8. The molecule has 2 heterocycles. The van der Waals surface area contributed by atoms with Crippen LogP contribution in [0.5, 0.6) is 0 Å². The summed E-state index contributed by atoms with van der Waals surface area (Å²) in [5.74, 6) is 0.872. The Balaban J connectivity index is 1.69. The van der Waals surface area contributed by atoms with Gasteiger partial charge in [-0.05, 0) is 31.7 Å². The summed E-state index contributed by atoms with van der Waals surface area (Å²) in [6, 6.07) is 7.79. The van der Waals surface area contributed by atoms with E-state index in [1.807, 2.05) is 47.9 Å². The van der Waals surface area contributed by atoms with Crippen molar-refractivity contribution in [3.8, 4) is 0 Å². The van der Waals surface area contributed by atoms with Gasteiger partial charge in [-0.2, -0.15) is 0 Å². The highest BCUT2D eigenvalue weighted by atomic mass is 35.5. The number of likely N-dealkylation sites (tertiary alicyclic amines) is 1. The van der Waals surface area contributed by atoms with Crippen LogP contribution in [-0.2, 0) is 9.59 Å². The maximum Gasteiger partial charge on any atom is 0.236 e. The number of carbonyl (C=O) groups excluding carboxylic acids is 2. The lowest BCUT2D eigenvalue weighted by molar-refractivity contribution is -0.134. The Hall–Kier alpha value is -1.20. The van der Waals surface area contributed by atoms with Gasteiger partial charge in [0.05, 0.1) is 5.25 Å². The van der Waals surface area contributed by atoms with E-state index in [-0.39, 0.29) is 22.4 Å². The van der Waals surface area contributed by atoms with E-state index >= 15 is 0 Å². The SMILES string of the molecule is CCC(=O)N1CCC(CN2C(=O)[C@@H](C)S[C@@H]2c2ccccc2Cl)CC1. The van der Waals surface area contributed by atoms with Gasteiger partial charge in [-0.25, -0.2) is 0 Å². The Labute approximate surface area is 158 Å². The van der Waals surface area contributed by atoms with Crippen molar-refractivity contribution in [2.75, 3.05) is 19.6 Å². The first-order valence-corrected chi connectivity index (χ1v) is 10.3. The molecule has 0 saturated carbocycles. The molecule has 1 aromatic carbocycles. The van der Waals surface area contributed by atoms with Crippen molar-refractivity contribution in [2.45, 2.75) is 43.7 Å². The van der Waals surface area contributed by atoms with Crippen LogP contribution in [0.2, 0.25) is 5.02 Å². The van der Waals surface area contributed by atoms with E-state index in [0.29, 0.717) is 12.3 Å². The summed E-state index contributed by atoms with van der Waals surface area (Å²) >= 11 is 8.06. The summed E-state index contributed by atoms with van der Waals surface area (Å²) in [5, 5.41) is 0.671. The largest absolute Gasteiger partial charge is 0.343 e. The standard InChI is InChI=1S/C19H25ClN2O2S/c1-3-17(23)21-10-8-14(9-11-21)12-22-18(24)13(2)25-19(22)15-6-4-5-7-16(15)20/h4-7,13-14,19H,3,8-12H2,1-2H3/t13-,19-/m1/s1. The van der Waals surface area contributed by atoms with Crippen molar-refractivity contribution in [1.29, 1.82) is 0 Å². The lowest BCUT2D eigenvalue weighted by atomic mass is 9.95. The van der Waals surface area contributed by atoms with Crippen LogP contribution in [0, 0.1) is 5.92 Å². The molecule has 0 aromatic heterocycles. The second-order valence-corrected chi connectivity index (χ2v) is 8.65. The van der Waals surface area contributed by atoms with Crippen molar-refractivity contribution < 1.29 is 9.59 Å². The van der Waals surface area contributed by atoms with Gasteiger partial charge in [0.2, 0.25) is 11.8 Å². The van der Waals surface area contributed by atoms with Gasteiger partial charge in [-0.15, -0.1) is 11.8 Å². The average Bonchev–Trinajstić information content (AvgIpc) is 2.90. The minimum atomic E-state index is -0.0389. The molecular weight excluding hydrogens is 356 g/mol. The Morgan fingerprint density at radius 3 is 2.60 bits per heavy atom. The summed E-state index contributed by atoms with van der Waals surface area (Å²) in [6.07, 6.45) is 2.49. The molecule has 0 unspecified atom stereocenters. The van der Waals surface area contributed by atoms with Crippen LogP contribution in [0.15, 0.2) is 24.3 Å². The van der Waals surface area contributed by atoms with Gasteiger partial charge in [0.25, 0.3) is 0 Å². The van der Waals surface area contributed by atoms with E-state index in [1.165, 1.54) is 0 Å². The molecule has 2 aliphatic heterocycles. The first kappa shape index (κ1) is 18.6. The van der Waals surface area contributed by atoms with Crippen LogP contribution >= 0.6 is 23.4 Å². The molecule has 2 fully saturated rings. The van der Waals surface area contributed by atoms with Gasteiger partial charge in [-0.3, -0.25) is 9.59 Å². The fraction of sp³-hybridized carbons (Fsp3) is 0.579. The smallest absolute Gasteiger partial charge is 0.236 e. The van der Waals surface area contributed by atoms with E-state index in [2.05, 4.69) is 0 Å². The lowest BCUT2D eigenvalue weighted by Crippen LogP contribution is -2.42. The average molecular weight is 381 g/mol. The van der Waals surface area contributed by atoms with Gasteiger partial charge in [0, 0.05) is 36.6 Å². The minimum Gasteiger partial charge on any atom is -0.343 e. The van der Waals surface area contributed by atoms with Crippen molar-refractivity contribution in [1.82, 2.24) is 9.80 Å². The Morgan fingerprint density at radius 2 is 1.96 bits per heavy atom. The predicted molar refractivity (Wildman–Crippen MR) is 103 cm³/mol. The zero-order valence-corrected chi connectivity index (χ0v) is 16.4. The Bertz CT molecular complexity index is 646. The molecule has 0 spiro atoms. The van der Waals surface area contributed by atoms with Crippen LogP contribution in [0.3, 0.4) is 0 Å². The molecule has 25 heavy (non-hydrogen) atoms. The Kier molecular flexibility index (Phi) is 5.95. The van der Waals surface area contributed by atoms with E-state index in [1.54, 1.807) is 11.8 Å². The summed E-state index contributed by atoms with van der Waals surface area (Å²) in [6.45, 7) is 6.24. The van der Waals surface area contributed by atoms with Gasteiger partial charge < -0.3 is 9.80 Å². The second-order valence-electron chi connectivity index (χ2n) is 6.82. The summed E-state index contributed by atoms with van der Waals surface area (Å²) in [5.41, 5.74) is 1.02. The fourth-order valence-corrected chi connectivity index (χ4v) is 5.27. The maximum atomic E-state index is 12.7. The number of hydrogen-bond acceptors (Lipinski definition) is 3. The van der Waals surface area contributed by atoms with Crippen molar-refractivity contribution >= 4 is 35.2 Å². The zero-order chi connectivity index (χ0) is 18.0. The van der Waals surface area contributed by atoms with Crippen molar-refractivity contribution in [3.63, 3.8) is 0 Å². The van der Waals surface area contributed by atoms with E-state index in [9.17, 15) is 9.59 Å². The number of thioether (sulfide) groups is 1. The summed E-state index contributed by atoms with van der Waals surface area (Å²) in [4.78, 5) is 28.5. The maximum absolute atomic E-state index is 12.7. The quantitative estimate of drug-likeness (QED) is 0.794. The Morgan fingerprint density at radius 1 is 1.28 bits per heavy atom. The van der Waals surface area contributed by atoms with Gasteiger partial charge in [0.15, 0.2) is 0 Å². The third-order valence-electron chi connectivity index (χ3n) is 5.14. The molecule has 6 heteroatoms. The molecule has 2 amide bonds. The monoisotopic (exact) mass is 380 g/mol. The number of rotatable bonds is 4. The highest BCUT2D eigenvalue weighted by molar-refractivity contribution is 8.01. The summed E-state index contributed by atoms with van der Waals surface area (Å²) in [7, 11) is 0. The highest BCUT2D eigenvalue weighted by Crippen LogP contribution is 2.45. The van der Waals surface area contributed by atoms with Crippen molar-refractivity contribution in [2.24, 2.45) is 5.92 Å². The molecule has 2 aliphatic rings. The molecule has 0 N–H and O–H groups in total. The number of nitrogens with zero attached hydrogens (tertiary/aromatic N) is 2. The number of hydrogen-bond donors (Lipinski definition) is 0. The third kappa shape index (κ3) is 3.98. The van der Waals surface area contributed by atoms with Crippen LogP contribution in [0.4, 0.5) is 0 Å². The molecule has 0 radical (unpaired) electrons. The van der Waals surface area contributed by atoms with Gasteiger partial charge in [-0.1, -0.05) is 36.7 Å². The molecule has 3 rings (SSSR count). The van der Waals surface area contributed by atoms with Crippen molar-refractivity contribution in [3.05, 3.63) is 34.9 Å². The lowest BCUT2D eigenvalue weighted by Gasteiger charge is -2.35. The molecule has 0 aliphatic carbocycles. The van der Waals surface area contributed by atoms with Gasteiger partial charge >= 0.3 is 0 Å². The molecular formula is C19H25ClN2O2S. The van der Waals surface area contributed by atoms with E-state index < -0.39 is 0 Å². The first-order valence-electron chi connectivity index (χ1n) is 8.99. The highest BCUT2D eigenvalue weighted by Gasteiger charge is 2.40. The molecule has 4 nitrogen and oxygen atoms in total. The summed E-state index contributed by atoms with van der Waals surface area (Å²) < 4.78 is 0. The minimum absolute atomic E-state index is 0.00787. The van der Waals surface area contributed by atoms with E-state index in [0.717, 1.165) is 43.1 Å². The molecule has 2 atom stereocenters. The number of benzene rings is 1. The molecule has 2 saturated heterocycles. The fourth-order valence-electron chi connectivity index (χ4n) is 3.64. The topological polar surface area (TPSA) is 40.6 Å². The second kappa shape index (κ2) is 8.00. The predicted octanol–water partition coefficient (Wildman–Crippen LogP) is 3.95. The number of halogens is 1. The number of piperidine rings is 1. The van der Waals surface area contributed by atoms with Gasteiger partial charge in [0.1, 0.15) is 5.37 Å². The molecule has 1 aromatic rings. The van der Waals surface area contributed by atoms with Crippen LogP contribution in [-0.4, -0.2) is 46.5 Å². The van der Waals surface area contributed by atoms with E-state index in [4.69, 9.17) is 11.6 Å². The van der Waals surface area contributed by atoms with Crippen LogP contribution in [0.1, 0.15) is 44.0 Å². The number of carbonyl (C=O) groups is 2. The zero-order valence-electron chi connectivity index (χ0n) is 14.8.